The van der Waals surface area contributed by atoms with Crippen molar-refractivity contribution in [3.05, 3.63) is 53.4 Å². The summed E-state index contributed by atoms with van der Waals surface area (Å²) in [5.74, 6) is 3.18. The summed E-state index contributed by atoms with van der Waals surface area (Å²) in [7, 11) is 0.892. The summed E-state index contributed by atoms with van der Waals surface area (Å²) in [4.78, 5) is 10.9. The van der Waals surface area contributed by atoms with E-state index < -0.39 is 5.97 Å². The number of rotatable bonds is 2. The van der Waals surface area contributed by atoms with Crippen LogP contribution < -0.4 is 0 Å². The van der Waals surface area contributed by atoms with Crippen LogP contribution in [0.25, 0.3) is 5.57 Å². The zero-order valence-corrected chi connectivity index (χ0v) is 7.60. The van der Waals surface area contributed by atoms with Gasteiger partial charge in [0.1, 0.15) is 0 Å². The first kappa shape index (κ1) is 8.82. The molecule has 2 rings (SSSR count). The van der Waals surface area contributed by atoms with Gasteiger partial charge in [0, 0.05) is 0 Å². The van der Waals surface area contributed by atoms with E-state index in [0.717, 1.165) is 18.4 Å². The summed E-state index contributed by atoms with van der Waals surface area (Å²) < 4.78 is 0. The second-order valence-electron chi connectivity index (χ2n) is 3.15. The molecule has 0 saturated carbocycles. The molecule has 0 radical (unpaired) electrons. The van der Waals surface area contributed by atoms with Gasteiger partial charge in [0.2, 0.25) is 0 Å². The third-order valence-electron chi connectivity index (χ3n) is 2.24. The van der Waals surface area contributed by atoms with Crippen molar-refractivity contribution >= 4 is 18.8 Å². The van der Waals surface area contributed by atoms with Gasteiger partial charge in [-0.05, 0) is 17.2 Å². The van der Waals surface area contributed by atoms with Crippen LogP contribution in [-0.2, 0) is 0 Å². The lowest BCUT2D eigenvalue weighted by Gasteiger charge is -2.04. The standard InChI is InChI=1S/C11H9BO2/c13-11(14)10-4-2-1-3-9(10)8-5-6-12-7-8/h1-7,12H,(H,13,14). The molecule has 0 amide bonds. The summed E-state index contributed by atoms with van der Waals surface area (Å²) in [6.07, 6.45) is 1.96. The number of carboxylic acids is 1. The largest absolute Gasteiger partial charge is 0.478 e. The molecule has 0 spiro atoms. The van der Waals surface area contributed by atoms with Crippen molar-refractivity contribution in [1.82, 2.24) is 0 Å². The van der Waals surface area contributed by atoms with Crippen molar-refractivity contribution in [1.29, 1.82) is 0 Å². The Labute approximate surface area is 82.8 Å². The minimum atomic E-state index is -0.873. The molecule has 1 heterocycles. The smallest absolute Gasteiger partial charge is 0.336 e. The number of hydrogen-bond acceptors (Lipinski definition) is 1. The van der Waals surface area contributed by atoms with Gasteiger partial charge in [-0.25, -0.2) is 4.79 Å². The molecule has 0 atom stereocenters. The number of hydrogen-bond donors (Lipinski definition) is 1. The molecule has 0 unspecified atom stereocenters. The molecule has 0 aromatic heterocycles. The van der Waals surface area contributed by atoms with Gasteiger partial charge >= 0.3 is 5.97 Å². The van der Waals surface area contributed by atoms with E-state index in [1.807, 2.05) is 30.2 Å². The average molecular weight is 184 g/mol. The third-order valence-corrected chi connectivity index (χ3v) is 2.24. The Morgan fingerprint density at radius 1 is 1.29 bits per heavy atom. The van der Waals surface area contributed by atoms with Crippen LogP contribution in [0.1, 0.15) is 15.9 Å². The van der Waals surface area contributed by atoms with Gasteiger partial charge in [0.15, 0.2) is 7.28 Å². The van der Waals surface area contributed by atoms with Crippen LogP contribution in [0.4, 0.5) is 0 Å². The lowest BCUT2D eigenvalue weighted by molar-refractivity contribution is 0.0696. The minimum absolute atomic E-state index is 0.366. The molecule has 0 aliphatic carbocycles. The summed E-state index contributed by atoms with van der Waals surface area (Å²) in [6.45, 7) is 0. The molecule has 1 aliphatic rings. The van der Waals surface area contributed by atoms with Crippen molar-refractivity contribution in [2.24, 2.45) is 0 Å². The minimum Gasteiger partial charge on any atom is -0.478 e. The number of carbonyl (C=O) groups is 1. The number of aromatic carboxylic acids is 1. The molecule has 1 N–H and O–H groups in total. The molecule has 14 heavy (non-hydrogen) atoms. The van der Waals surface area contributed by atoms with Crippen LogP contribution in [0.3, 0.4) is 0 Å². The monoisotopic (exact) mass is 184 g/mol. The molecule has 0 saturated heterocycles. The lowest BCUT2D eigenvalue weighted by atomic mass is 9.81. The van der Waals surface area contributed by atoms with Gasteiger partial charge in [-0.2, -0.15) is 0 Å². The average Bonchev–Trinajstić information content (AvgIpc) is 2.70. The molecule has 0 fully saturated rings. The Kier molecular flexibility index (Phi) is 2.23. The van der Waals surface area contributed by atoms with Crippen LogP contribution >= 0.6 is 0 Å². The summed E-state index contributed by atoms with van der Waals surface area (Å²) in [6, 6.07) is 7.07. The van der Waals surface area contributed by atoms with Gasteiger partial charge in [0.05, 0.1) is 5.56 Å². The highest BCUT2D eigenvalue weighted by Crippen LogP contribution is 2.22. The van der Waals surface area contributed by atoms with E-state index in [9.17, 15) is 4.79 Å². The number of allylic oxidation sites excluding steroid dienone is 2. The van der Waals surface area contributed by atoms with Crippen LogP contribution in [0.15, 0.2) is 42.3 Å². The van der Waals surface area contributed by atoms with E-state index in [2.05, 4.69) is 0 Å². The van der Waals surface area contributed by atoms with Crippen molar-refractivity contribution < 1.29 is 9.90 Å². The maximum Gasteiger partial charge on any atom is 0.336 e. The predicted molar refractivity (Wildman–Crippen MR) is 57.7 cm³/mol. The zero-order valence-electron chi connectivity index (χ0n) is 7.60. The molecule has 3 heteroatoms. The highest BCUT2D eigenvalue weighted by Gasteiger charge is 2.11. The molecular weight excluding hydrogens is 175 g/mol. The van der Waals surface area contributed by atoms with Gasteiger partial charge in [-0.1, -0.05) is 24.3 Å². The normalized spacial score (nSPS) is 13.6. The van der Waals surface area contributed by atoms with Crippen molar-refractivity contribution in [3.8, 4) is 0 Å². The number of carboxylic acid groups (broad SMARTS) is 1. The quantitative estimate of drug-likeness (QED) is 0.710. The molecule has 1 aliphatic heterocycles. The Bertz CT molecular complexity index is 433. The first-order valence-corrected chi connectivity index (χ1v) is 4.48. The first-order chi connectivity index (χ1) is 6.79. The first-order valence-electron chi connectivity index (χ1n) is 4.48. The third kappa shape index (κ3) is 1.49. The fraction of sp³-hybridized carbons (Fsp3) is 0. The fourth-order valence-corrected chi connectivity index (χ4v) is 1.58. The van der Waals surface area contributed by atoms with Gasteiger partial charge in [-0.3, -0.25) is 0 Å². The second-order valence-corrected chi connectivity index (χ2v) is 3.15. The van der Waals surface area contributed by atoms with E-state index in [4.69, 9.17) is 5.11 Å². The van der Waals surface area contributed by atoms with E-state index in [0.29, 0.717) is 5.56 Å². The Balaban J connectivity index is 2.51. The maximum atomic E-state index is 10.9. The summed E-state index contributed by atoms with van der Waals surface area (Å²) >= 11 is 0. The SMILES string of the molecule is O=C(O)c1ccccc1C1=CBC=C1. The molecule has 1 aromatic carbocycles. The van der Waals surface area contributed by atoms with Crippen LogP contribution in [0.5, 0.6) is 0 Å². The summed E-state index contributed by atoms with van der Waals surface area (Å²) in [5.41, 5.74) is 2.17. The molecule has 68 valence electrons. The topological polar surface area (TPSA) is 37.3 Å². The summed E-state index contributed by atoms with van der Waals surface area (Å²) in [5, 5.41) is 8.97. The van der Waals surface area contributed by atoms with Crippen LogP contribution in [-0.4, -0.2) is 18.4 Å². The zero-order chi connectivity index (χ0) is 9.97. The van der Waals surface area contributed by atoms with E-state index in [-0.39, 0.29) is 0 Å². The van der Waals surface area contributed by atoms with Gasteiger partial charge < -0.3 is 5.11 Å². The number of benzene rings is 1. The van der Waals surface area contributed by atoms with Crippen molar-refractivity contribution in [2.45, 2.75) is 0 Å². The molecule has 1 aromatic rings. The Hall–Kier alpha value is -1.77. The van der Waals surface area contributed by atoms with Gasteiger partial charge in [0.25, 0.3) is 0 Å². The van der Waals surface area contributed by atoms with Gasteiger partial charge in [-0.15, -0.1) is 12.0 Å². The highest BCUT2D eigenvalue weighted by molar-refractivity contribution is 6.52. The predicted octanol–water partition coefficient (Wildman–Crippen LogP) is 1.69. The van der Waals surface area contributed by atoms with Crippen molar-refractivity contribution in [3.63, 3.8) is 0 Å². The fourth-order valence-electron chi connectivity index (χ4n) is 1.58. The Morgan fingerprint density at radius 2 is 2.07 bits per heavy atom. The second kappa shape index (κ2) is 3.54. The Morgan fingerprint density at radius 3 is 2.71 bits per heavy atom. The highest BCUT2D eigenvalue weighted by atomic mass is 16.4. The molecule has 0 bridgehead atoms. The molecular formula is C11H9BO2. The maximum absolute atomic E-state index is 10.9. The molecule has 2 nitrogen and oxygen atoms in total. The lowest BCUT2D eigenvalue weighted by Crippen LogP contribution is -2.00. The van der Waals surface area contributed by atoms with Crippen molar-refractivity contribution in [2.75, 3.05) is 0 Å². The van der Waals surface area contributed by atoms with E-state index in [1.165, 1.54) is 0 Å². The van der Waals surface area contributed by atoms with Crippen LogP contribution in [0.2, 0.25) is 0 Å². The van der Waals surface area contributed by atoms with E-state index >= 15 is 0 Å². The van der Waals surface area contributed by atoms with Crippen LogP contribution in [0, 0.1) is 0 Å². The van der Waals surface area contributed by atoms with E-state index in [1.54, 1.807) is 12.1 Å².